The van der Waals surface area contributed by atoms with E-state index in [9.17, 15) is 8.42 Å². The van der Waals surface area contributed by atoms with Crippen LogP contribution in [0, 0.1) is 5.92 Å². The van der Waals surface area contributed by atoms with Gasteiger partial charge in [0.1, 0.15) is 6.33 Å². The Morgan fingerprint density at radius 3 is 2.57 bits per heavy atom. The van der Waals surface area contributed by atoms with Gasteiger partial charge in [-0.15, -0.1) is 0 Å². The highest BCUT2D eigenvalue weighted by molar-refractivity contribution is 7.88. The molecule has 1 saturated carbocycles. The topological polar surface area (TPSA) is 72.4 Å². The van der Waals surface area contributed by atoms with Crippen LogP contribution in [0.5, 0.6) is 5.88 Å². The van der Waals surface area contributed by atoms with Crippen molar-refractivity contribution >= 4 is 10.0 Å². The highest BCUT2D eigenvalue weighted by atomic mass is 32.2. The van der Waals surface area contributed by atoms with E-state index in [0.717, 1.165) is 18.5 Å². The van der Waals surface area contributed by atoms with E-state index in [4.69, 9.17) is 4.74 Å². The highest BCUT2D eigenvalue weighted by Crippen LogP contribution is 2.39. The molecule has 0 atom stereocenters. The number of piperidine rings is 1. The molecule has 1 aliphatic heterocycles. The lowest BCUT2D eigenvalue weighted by atomic mass is 9.99. The van der Waals surface area contributed by atoms with Crippen molar-refractivity contribution in [2.24, 2.45) is 5.92 Å². The molecule has 1 aromatic heterocycles. The van der Waals surface area contributed by atoms with Gasteiger partial charge in [-0.05, 0) is 31.6 Å². The number of ether oxygens (including phenoxy) is 1. The third kappa shape index (κ3) is 3.91. The molecular weight excluding hydrogens is 290 g/mol. The van der Waals surface area contributed by atoms with E-state index in [1.807, 2.05) is 6.07 Å². The molecule has 0 bridgehead atoms. The van der Waals surface area contributed by atoms with Gasteiger partial charge in [0.05, 0.1) is 18.6 Å². The summed E-state index contributed by atoms with van der Waals surface area (Å²) in [7, 11) is -3.05. The minimum Gasteiger partial charge on any atom is -0.477 e. The predicted molar refractivity (Wildman–Crippen MR) is 78.6 cm³/mol. The second kappa shape index (κ2) is 5.88. The van der Waals surface area contributed by atoms with Crippen LogP contribution >= 0.6 is 0 Å². The van der Waals surface area contributed by atoms with Crippen LogP contribution in [0.3, 0.4) is 0 Å². The van der Waals surface area contributed by atoms with Crippen molar-refractivity contribution in [1.29, 1.82) is 0 Å². The average Bonchev–Trinajstić information content (AvgIpc) is 3.30. The van der Waals surface area contributed by atoms with Crippen molar-refractivity contribution in [2.75, 3.05) is 26.0 Å². The summed E-state index contributed by atoms with van der Waals surface area (Å²) in [4.78, 5) is 8.42. The van der Waals surface area contributed by atoms with E-state index in [-0.39, 0.29) is 0 Å². The first kappa shape index (κ1) is 14.7. The Labute approximate surface area is 125 Å². The van der Waals surface area contributed by atoms with Crippen molar-refractivity contribution < 1.29 is 13.2 Å². The molecule has 1 aromatic rings. The Balaban J connectivity index is 1.49. The van der Waals surface area contributed by atoms with Crippen molar-refractivity contribution in [3.05, 3.63) is 18.1 Å². The summed E-state index contributed by atoms with van der Waals surface area (Å²) in [5.41, 5.74) is 1.08. The minimum absolute atomic E-state index is 0.391. The first-order chi connectivity index (χ1) is 10.0. The van der Waals surface area contributed by atoms with Crippen molar-refractivity contribution in [1.82, 2.24) is 14.3 Å². The summed E-state index contributed by atoms with van der Waals surface area (Å²) < 4.78 is 30.2. The summed E-state index contributed by atoms with van der Waals surface area (Å²) in [5, 5.41) is 0. The predicted octanol–water partition coefficient (Wildman–Crippen LogP) is 1.40. The molecule has 116 valence electrons. The summed E-state index contributed by atoms with van der Waals surface area (Å²) in [6.07, 6.45) is 6.93. The maximum atomic E-state index is 11.5. The maximum absolute atomic E-state index is 11.5. The molecule has 7 heteroatoms. The van der Waals surface area contributed by atoms with Gasteiger partial charge in [0.25, 0.3) is 0 Å². The summed E-state index contributed by atoms with van der Waals surface area (Å²) in [6.45, 7) is 1.77. The second-order valence-corrected chi connectivity index (χ2v) is 7.95. The smallest absolute Gasteiger partial charge is 0.216 e. The van der Waals surface area contributed by atoms with Gasteiger partial charge in [0.15, 0.2) is 0 Å². The Morgan fingerprint density at radius 2 is 1.95 bits per heavy atom. The summed E-state index contributed by atoms with van der Waals surface area (Å²) >= 11 is 0. The molecule has 21 heavy (non-hydrogen) atoms. The van der Waals surface area contributed by atoms with Gasteiger partial charge in [-0.1, -0.05) is 0 Å². The fourth-order valence-corrected chi connectivity index (χ4v) is 3.52. The highest BCUT2D eigenvalue weighted by Gasteiger charge is 2.27. The minimum atomic E-state index is -3.05. The molecule has 0 N–H and O–H groups in total. The third-order valence-electron chi connectivity index (χ3n) is 4.17. The number of nitrogens with zero attached hydrogens (tertiary/aromatic N) is 3. The third-order valence-corrected chi connectivity index (χ3v) is 5.47. The molecule has 2 fully saturated rings. The number of aromatic nitrogens is 2. The van der Waals surface area contributed by atoms with Crippen molar-refractivity contribution in [3.63, 3.8) is 0 Å². The molecule has 2 aliphatic rings. The number of hydrogen-bond acceptors (Lipinski definition) is 5. The SMILES string of the molecule is CS(=O)(=O)N1CCC(COc2cc(C3CC3)ncn2)CC1. The molecular formula is C14H21N3O3S. The van der Waals surface area contributed by atoms with E-state index in [1.165, 1.54) is 19.1 Å². The number of rotatable bonds is 5. The molecule has 0 amide bonds. The quantitative estimate of drug-likeness (QED) is 0.822. The average molecular weight is 311 g/mol. The fraction of sp³-hybridized carbons (Fsp3) is 0.714. The molecule has 0 unspecified atom stereocenters. The zero-order valence-corrected chi connectivity index (χ0v) is 13.1. The molecule has 0 spiro atoms. The van der Waals surface area contributed by atoms with Gasteiger partial charge in [-0.2, -0.15) is 0 Å². The van der Waals surface area contributed by atoms with Crippen LogP contribution < -0.4 is 4.74 Å². The summed E-state index contributed by atoms with van der Waals surface area (Å²) in [5.74, 6) is 1.62. The first-order valence-electron chi connectivity index (χ1n) is 7.42. The van der Waals surface area contributed by atoms with Crippen LogP contribution in [-0.4, -0.2) is 48.6 Å². The molecule has 1 aliphatic carbocycles. The molecule has 0 aromatic carbocycles. The Morgan fingerprint density at radius 1 is 1.24 bits per heavy atom. The van der Waals surface area contributed by atoms with Crippen molar-refractivity contribution in [2.45, 2.75) is 31.6 Å². The monoisotopic (exact) mass is 311 g/mol. The van der Waals surface area contributed by atoms with Gasteiger partial charge in [-0.25, -0.2) is 22.7 Å². The van der Waals surface area contributed by atoms with Gasteiger partial charge in [0, 0.05) is 25.1 Å². The Bertz CT molecular complexity index is 593. The van der Waals surface area contributed by atoms with Gasteiger partial charge >= 0.3 is 0 Å². The van der Waals surface area contributed by atoms with E-state index >= 15 is 0 Å². The zero-order valence-electron chi connectivity index (χ0n) is 12.2. The fourth-order valence-electron chi connectivity index (χ4n) is 2.65. The molecule has 2 heterocycles. The number of sulfonamides is 1. The van der Waals surface area contributed by atoms with Gasteiger partial charge in [-0.3, -0.25) is 0 Å². The van der Waals surface area contributed by atoms with Crippen LogP contribution in [-0.2, 0) is 10.0 Å². The van der Waals surface area contributed by atoms with Crippen LogP contribution in [0.25, 0.3) is 0 Å². The van der Waals surface area contributed by atoms with E-state index < -0.39 is 10.0 Å². The Kier molecular flexibility index (Phi) is 4.12. The van der Waals surface area contributed by atoms with Crippen LogP contribution in [0.2, 0.25) is 0 Å². The van der Waals surface area contributed by atoms with Crippen LogP contribution in [0.15, 0.2) is 12.4 Å². The lowest BCUT2D eigenvalue weighted by Crippen LogP contribution is -2.39. The van der Waals surface area contributed by atoms with E-state index in [2.05, 4.69) is 9.97 Å². The molecule has 6 nitrogen and oxygen atoms in total. The first-order valence-corrected chi connectivity index (χ1v) is 9.27. The second-order valence-electron chi connectivity index (χ2n) is 5.97. The van der Waals surface area contributed by atoms with Crippen LogP contribution in [0.1, 0.15) is 37.3 Å². The normalized spacial score (nSPS) is 21.4. The maximum Gasteiger partial charge on any atom is 0.216 e. The lowest BCUT2D eigenvalue weighted by molar-refractivity contribution is 0.181. The van der Waals surface area contributed by atoms with Crippen LogP contribution in [0.4, 0.5) is 0 Å². The van der Waals surface area contributed by atoms with Gasteiger partial charge in [0.2, 0.25) is 15.9 Å². The molecule has 0 radical (unpaired) electrons. The standard InChI is InChI=1S/C14H21N3O3S/c1-21(18,19)17-6-4-11(5-7-17)9-20-14-8-13(12-2-3-12)15-10-16-14/h8,10-12H,2-7,9H2,1H3. The number of hydrogen-bond donors (Lipinski definition) is 0. The van der Waals surface area contributed by atoms with Gasteiger partial charge < -0.3 is 4.74 Å². The molecule has 3 rings (SSSR count). The molecule has 1 saturated heterocycles. The van der Waals surface area contributed by atoms with E-state index in [1.54, 1.807) is 10.6 Å². The van der Waals surface area contributed by atoms with E-state index in [0.29, 0.717) is 37.4 Å². The Hall–Kier alpha value is -1.21. The summed E-state index contributed by atoms with van der Waals surface area (Å²) in [6, 6.07) is 1.93. The van der Waals surface area contributed by atoms with Crippen molar-refractivity contribution in [3.8, 4) is 5.88 Å². The lowest BCUT2D eigenvalue weighted by Gasteiger charge is -2.29. The largest absolute Gasteiger partial charge is 0.477 e. The zero-order chi connectivity index (χ0) is 14.9.